The Morgan fingerprint density at radius 1 is 1.15 bits per heavy atom. The molecule has 4 rings (SSSR count). The maximum Gasteiger partial charge on any atom is 0.325 e. The van der Waals surface area contributed by atoms with Gasteiger partial charge in [0.25, 0.3) is 11.8 Å². The van der Waals surface area contributed by atoms with Crippen LogP contribution in [0.2, 0.25) is 0 Å². The van der Waals surface area contributed by atoms with Gasteiger partial charge in [-0.2, -0.15) is 0 Å². The summed E-state index contributed by atoms with van der Waals surface area (Å²) >= 11 is 0. The van der Waals surface area contributed by atoms with Crippen molar-refractivity contribution in [2.75, 3.05) is 37.6 Å². The second-order valence-corrected chi connectivity index (χ2v) is 9.55. The first-order chi connectivity index (χ1) is 16.2. The highest BCUT2D eigenvalue weighted by Gasteiger charge is 2.54. The lowest BCUT2D eigenvalue weighted by atomic mass is 9.75. The summed E-state index contributed by atoms with van der Waals surface area (Å²) in [5.41, 5.74) is 2.05. The van der Waals surface area contributed by atoms with E-state index in [-0.39, 0.29) is 36.3 Å². The first-order valence-corrected chi connectivity index (χ1v) is 11.9. The average Bonchev–Trinajstić information content (AvgIpc) is 3.35. The zero-order valence-corrected chi connectivity index (χ0v) is 20.1. The summed E-state index contributed by atoms with van der Waals surface area (Å²) in [6.07, 6.45) is 1.75. The number of hydrogen-bond donors (Lipinski definition) is 2. The fraction of sp³-hybridized carbons (Fsp3) is 0.520. The van der Waals surface area contributed by atoms with E-state index in [1.807, 2.05) is 19.9 Å². The van der Waals surface area contributed by atoms with Gasteiger partial charge in [0.1, 0.15) is 5.54 Å². The van der Waals surface area contributed by atoms with Crippen LogP contribution < -0.4 is 15.5 Å². The molecule has 0 unspecified atom stereocenters. The number of likely N-dealkylation sites (tertiary alicyclic amines) is 1. The van der Waals surface area contributed by atoms with Crippen molar-refractivity contribution >= 4 is 29.6 Å². The Labute approximate surface area is 200 Å². The van der Waals surface area contributed by atoms with Crippen LogP contribution in [-0.2, 0) is 4.79 Å². The quantitative estimate of drug-likeness (QED) is 0.496. The van der Waals surface area contributed by atoms with Gasteiger partial charge in [-0.05, 0) is 56.7 Å². The topological polar surface area (TPSA) is 102 Å². The van der Waals surface area contributed by atoms with E-state index >= 15 is 0 Å². The van der Waals surface area contributed by atoms with Crippen LogP contribution in [0, 0.1) is 12.8 Å². The van der Waals surface area contributed by atoms with Crippen LogP contribution in [0.3, 0.4) is 0 Å². The fourth-order valence-electron chi connectivity index (χ4n) is 5.36. The zero-order valence-electron chi connectivity index (χ0n) is 20.1. The van der Waals surface area contributed by atoms with E-state index in [0.29, 0.717) is 51.0 Å². The minimum absolute atomic E-state index is 0.0463. The number of nitrogens with one attached hydrogen (secondary N) is 2. The monoisotopic (exact) mass is 467 g/mol. The van der Waals surface area contributed by atoms with Gasteiger partial charge >= 0.3 is 12.1 Å². The van der Waals surface area contributed by atoms with Crippen molar-refractivity contribution in [2.24, 2.45) is 5.92 Å². The lowest BCUT2D eigenvalue weighted by Gasteiger charge is -2.40. The van der Waals surface area contributed by atoms with Crippen LogP contribution in [-0.4, -0.2) is 71.9 Å². The number of amides is 6. The molecule has 1 aromatic rings. The number of rotatable bonds is 6. The van der Waals surface area contributed by atoms with Crippen molar-refractivity contribution in [1.82, 2.24) is 20.4 Å². The number of nitrogens with zero attached hydrogens (tertiary/aromatic N) is 3. The van der Waals surface area contributed by atoms with Gasteiger partial charge in [0.15, 0.2) is 0 Å². The van der Waals surface area contributed by atoms with Crippen molar-refractivity contribution in [2.45, 2.75) is 45.6 Å². The number of anilines is 1. The SMILES string of the molecule is C=C(C)CN1C(=O)N[C@@](CC)(C2CCN(C(=O)c3ccc(C)c(N4CCNC4=O)c3)CC2)C1=O. The molecule has 0 saturated carbocycles. The molecule has 0 radical (unpaired) electrons. The summed E-state index contributed by atoms with van der Waals surface area (Å²) in [5.74, 6) is -0.328. The molecule has 9 nitrogen and oxygen atoms in total. The van der Waals surface area contributed by atoms with Gasteiger partial charge in [-0.25, -0.2) is 9.59 Å². The van der Waals surface area contributed by atoms with Crippen LogP contribution in [0.15, 0.2) is 30.4 Å². The second kappa shape index (κ2) is 9.12. The first-order valence-electron chi connectivity index (χ1n) is 11.9. The molecule has 3 saturated heterocycles. The Hall–Kier alpha value is -3.36. The molecule has 0 aliphatic carbocycles. The van der Waals surface area contributed by atoms with E-state index in [1.165, 1.54) is 4.90 Å². The minimum Gasteiger partial charge on any atom is -0.339 e. The number of urea groups is 2. The summed E-state index contributed by atoms with van der Waals surface area (Å²) in [7, 11) is 0. The largest absolute Gasteiger partial charge is 0.339 e. The van der Waals surface area contributed by atoms with Gasteiger partial charge in [-0.1, -0.05) is 25.1 Å². The maximum absolute atomic E-state index is 13.3. The number of benzene rings is 1. The third-order valence-corrected chi connectivity index (χ3v) is 7.27. The number of aryl methyl sites for hydroxylation is 1. The Kier molecular flexibility index (Phi) is 6.38. The molecule has 182 valence electrons. The van der Waals surface area contributed by atoms with E-state index in [9.17, 15) is 19.2 Å². The van der Waals surface area contributed by atoms with Crippen LogP contribution in [0.4, 0.5) is 15.3 Å². The molecule has 3 aliphatic heterocycles. The molecular weight excluding hydrogens is 434 g/mol. The molecule has 1 aromatic carbocycles. The van der Waals surface area contributed by atoms with Gasteiger partial charge in [0.2, 0.25) is 0 Å². The number of hydrogen-bond acceptors (Lipinski definition) is 4. The van der Waals surface area contributed by atoms with Crippen molar-refractivity contribution in [3.8, 4) is 0 Å². The molecule has 1 atom stereocenters. The number of carbonyl (C=O) groups excluding carboxylic acids is 4. The standard InChI is InChI=1S/C25H33N5O4/c1-5-25(22(32)30(15-16(2)3)24(34)27-25)19-8-11-28(12-9-19)21(31)18-7-6-17(4)20(14-18)29-13-10-26-23(29)33/h6-7,14,19H,2,5,8-13,15H2,1,3-4H3,(H,26,33)(H,27,34)/t25-/m0/s1. The molecule has 6 amide bonds. The van der Waals surface area contributed by atoms with Crippen LogP contribution >= 0.6 is 0 Å². The molecule has 2 N–H and O–H groups in total. The first kappa shape index (κ1) is 23.8. The van der Waals surface area contributed by atoms with Gasteiger partial charge in [-0.3, -0.25) is 19.4 Å². The zero-order chi connectivity index (χ0) is 24.6. The van der Waals surface area contributed by atoms with E-state index in [1.54, 1.807) is 28.9 Å². The van der Waals surface area contributed by atoms with Crippen molar-refractivity contribution in [3.05, 3.63) is 41.5 Å². The van der Waals surface area contributed by atoms with Crippen LogP contribution in [0.1, 0.15) is 49.0 Å². The molecule has 3 heterocycles. The molecule has 0 aromatic heterocycles. The van der Waals surface area contributed by atoms with Gasteiger partial charge in [-0.15, -0.1) is 0 Å². The van der Waals surface area contributed by atoms with Gasteiger partial charge in [0, 0.05) is 37.4 Å². The van der Waals surface area contributed by atoms with Crippen LogP contribution in [0.5, 0.6) is 0 Å². The third kappa shape index (κ3) is 4.03. The van der Waals surface area contributed by atoms with E-state index < -0.39 is 5.54 Å². The lowest BCUT2D eigenvalue weighted by Crippen LogP contribution is -2.56. The molecule has 0 spiro atoms. The Bertz CT molecular complexity index is 1050. The van der Waals surface area contributed by atoms with Crippen molar-refractivity contribution in [1.29, 1.82) is 0 Å². The molecule has 34 heavy (non-hydrogen) atoms. The molecular formula is C25H33N5O4. The highest BCUT2D eigenvalue weighted by atomic mass is 16.2. The highest BCUT2D eigenvalue weighted by molar-refractivity contribution is 6.07. The highest BCUT2D eigenvalue weighted by Crippen LogP contribution is 2.37. The predicted molar refractivity (Wildman–Crippen MR) is 129 cm³/mol. The normalized spacial score (nSPS) is 23.4. The minimum atomic E-state index is -0.929. The van der Waals surface area contributed by atoms with Crippen LogP contribution in [0.25, 0.3) is 0 Å². The molecule has 3 aliphatic rings. The van der Waals surface area contributed by atoms with E-state index in [2.05, 4.69) is 17.2 Å². The van der Waals surface area contributed by atoms with Gasteiger partial charge < -0.3 is 15.5 Å². The summed E-state index contributed by atoms with van der Waals surface area (Å²) < 4.78 is 0. The predicted octanol–water partition coefficient (Wildman–Crippen LogP) is 2.65. The number of imide groups is 1. The Balaban J connectivity index is 1.46. The number of piperidine rings is 1. The third-order valence-electron chi connectivity index (χ3n) is 7.27. The van der Waals surface area contributed by atoms with Crippen molar-refractivity contribution in [3.63, 3.8) is 0 Å². The fourth-order valence-corrected chi connectivity index (χ4v) is 5.36. The smallest absolute Gasteiger partial charge is 0.325 e. The maximum atomic E-state index is 13.3. The Morgan fingerprint density at radius 2 is 1.85 bits per heavy atom. The van der Waals surface area contributed by atoms with E-state index in [0.717, 1.165) is 16.8 Å². The van der Waals surface area contributed by atoms with E-state index in [4.69, 9.17) is 0 Å². The average molecular weight is 468 g/mol. The summed E-state index contributed by atoms with van der Waals surface area (Å²) in [6.45, 7) is 11.8. The number of carbonyl (C=O) groups is 4. The lowest BCUT2D eigenvalue weighted by molar-refractivity contribution is -0.133. The van der Waals surface area contributed by atoms with Gasteiger partial charge in [0.05, 0.1) is 6.54 Å². The Morgan fingerprint density at radius 3 is 2.44 bits per heavy atom. The molecule has 0 bridgehead atoms. The summed E-state index contributed by atoms with van der Waals surface area (Å²) in [6, 6.07) is 4.94. The second-order valence-electron chi connectivity index (χ2n) is 9.55. The van der Waals surface area contributed by atoms with Crippen molar-refractivity contribution < 1.29 is 19.2 Å². The molecule has 3 fully saturated rings. The molecule has 9 heteroatoms. The summed E-state index contributed by atoms with van der Waals surface area (Å²) in [4.78, 5) is 55.9. The summed E-state index contributed by atoms with van der Waals surface area (Å²) in [5, 5.41) is 5.76.